The molecule has 0 saturated carbocycles. The Kier molecular flexibility index (Phi) is 6.39. The van der Waals surface area contributed by atoms with Gasteiger partial charge in [-0.1, -0.05) is 18.2 Å². The molecule has 2 aromatic heterocycles. The number of ketones is 1. The summed E-state index contributed by atoms with van der Waals surface area (Å²) in [7, 11) is 0. The van der Waals surface area contributed by atoms with Crippen LogP contribution in [-0.2, 0) is 16.1 Å². The van der Waals surface area contributed by atoms with Gasteiger partial charge in [-0.15, -0.1) is 0 Å². The first kappa shape index (κ1) is 22.0. The Hall–Kier alpha value is -3.68. The average molecular weight is 424 g/mol. The predicted octanol–water partition coefficient (Wildman–Crippen LogP) is 3.62. The molecule has 31 heavy (non-hydrogen) atoms. The molecule has 0 aliphatic heterocycles. The van der Waals surface area contributed by atoms with Crippen LogP contribution in [0.3, 0.4) is 0 Å². The number of fused-ring (bicyclic) bond motifs is 1. The zero-order valence-corrected chi connectivity index (χ0v) is 17.9. The Labute approximate surface area is 178 Å². The standard InChI is InChI=1S/C23H24N2O6/c1-5-30-23(29)21-20(14(3)26)15(4)31-22(21)24-18(27)10-11-25-17-9-7-6-8-16(17)13(2)12-19(25)28/h6-9,12H,5,10-11H2,1-4H3,(H,24,27). The van der Waals surface area contributed by atoms with Crippen molar-refractivity contribution in [2.75, 3.05) is 11.9 Å². The van der Waals surface area contributed by atoms with Crippen LogP contribution in [0.4, 0.5) is 5.88 Å². The largest absolute Gasteiger partial charge is 0.462 e. The highest BCUT2D eigenvalue weighted by atomic mass is 16.5. The molecule has 0 atom stereocenters. The van der Waals surface area contributed by atoms with E-state index < -0.39 is 11.9 Å². The molecule has 0 bridgehead atoms. The van der Waals surface area contributed by atoms with Crippen LogP contribution in [0.5, 0.6) is 0 Å². The smallest absolute Gasteiger partial charge is 0.344 e. The second-order valence-electron chi connectivity index (χ2n) is 7.15. The maximum atomic E-state index is 12.6. The Morgan fingerprint density at radius 1 is 1.13 bits per heavy atom. The van der Waals surface area contributed by atoms with E-state index in [1.807, 2.05) is 31.2 Å². The summed E-state index contributed by atoms with van der Waals surface area (Å²) in [4.78, 5) is 49.4. The number of furan rings is 1. The van der Waals surface area contributed by atoms with Gasteiger partial charge in [0, 0.05) is 24.4 Å². The minimum atomic E-state index is -0.749. The lowest BCUT2D eigenvalue weighted by Gasteiger charge is -2.12. The maximum absolute atomic E-state index is 12.6. The number of amides is 1. The van der Waals surface area contributed by atoms with Crippen molar-refractivity contribution in [2.45, 2.75) is 40.7 Å². The SMILES string of the molecule is CCOC(=O)c1c(NC(=O)CCn2c(=O)cc(C)c3ccccc32)oc(C)c1C(C)=O. The normalized spacial score (nSPS) is 10.8. The number of carbonyl (C=O) groups is 3. The van der Waals surface area contributed by atoms with Crippen molar-refractivity contribution in [1.82, 2.24) is 4.57 Å². The lowest BCUT2D eigenvalue weighted by molar-refractivity contribution is -0.116. The number of carbonyl (C=O) groups excluding carboxylic acids is 3. The zero-order valence-electron chi connectivity index (χ0n) is 17.9. The van der Waals surface area contributed by atoms with Crippen LogP contribution in [-0.4, -0.2) is 28.8 Å². The molecule has 0 aliphatic carbocycles. The van der Waals surface area contributed by atoms with Crippen molar-refractivity contribution in [1.29, 1.82) is 0 Å². The van der Waals surface area contributed by atoms with E-state index in [-0.39, 0.29) is 53.7 Å². The lowest BCUT2D eigenvalue weighted by atomic mass is 10.1. The highest BCUT2D eigenvalue weighted by molar-refractivity contribution is 6.10. The molecule has 1 aromatic carbocycles. The van der Waals surface area contributed by atoms with E-state index in [0.29, 0.717) is 0 Å². The average Bonchev–Trinajstić information content (AvgIpc) is 3.03. The molecule has 8 nitrogen and oxygen atoms in total. The molecule has 162 valence electrons. The van der Waals surface area contributed by atoms with E-state index in [9.17, 15) is 19.2 Å². The third-order valence-corrected chi connectivity index (χ3v) is 4.96. The first-order valence-electron chi connectivity index (χ1n) is 9.95. The molecule has 0 unspecified atom stereocenters. The quantitative estimate of drug-likeness (QED) is 0.458. The number of ether oxygens (including phenoxy) is 1. The Balaban J connectivity index is 1.85. The maximum Gasteiger partial charge on any atom is 0.344 e. The van der Waals surface area contributed by atoms with Crippen molar-refractivity contribution in [3.63, 3.8) is 0 Å². The summed E-state index contributed by atoms with van der Waals surface area (Å²) < 4.78 is 12.0. The van der Waals surface area contributed by atoms with Crippen molar-refractivity contribution >= 4 is 34.4 Å². The summed E-state index contributed by atoms with van der Waals surface area (Å²) in [6, 6.07) is 9.00. The summed E-state index contributed by atoms with van der Waals surface area (Å²) in [5.41, 5.74) is 1.37. The molecule has 0 radical (unpaired) electrons. The molecule has 0 aliphatic rings. The van der Waals surface area contributed by atoms with Crippen LogP contribution in [0, 0.1) is 13.8 Å². The van der Waals surface area contributed by atoms with Gasteiger partial charge < -0.3 is 13.7 Å². The van der Waals surface area contributed by atoms with Crippen molar-refractivity contribution in [3.05, 3.63) is 63.1 Å². The van der Waals surface area contributed by atoms with E-state index in [4.69, 9.17) is 9.15 Å². The van der Waals surface area contributed by atoms with E-state index in [2.05, 4.69) is 5.32 Å². The van der Waals surface area contributed by atoms with Gasteiger partial charge in [0.1, 0.15) is 11.3 Å². The number of hydrogen-bond donors (Lipinski definition) is 1. The van der Waals surface area contributed by atoms with E-state index >= 15 is 0 Å². The van der Waals surface area contributed by atoms with E-state index in [1.54, 1.807) is 6.92 Å². The van der Waals surface area contributed by atoms with Gasteiger partial charge in [0.15, 0.2) is 5.78 Å². The fourth-order valence-corrected chi connectivity index (χ4v) is 3.59. The number of Topliss-reactive ketones (excluding diaryl/α,β-unsaturated/α-hetero) is 1. The number of nitrogens with one attached hydrogen (secondary N) is 1. The van der Waals surface area contributed by atoms with Crippen LogP contribution < -0.4 is 10.9 Å². The number of rotatable bonds is 7. The van der Waals surface area contributed by atoms with Gasteiger partial charge in [0.25, 0.3) is 5.56 Å². The molecule has 3 aromatic rings. The van der Waals surface area contributed by atoms with Crippen LogP contribution >= 0.6 is 0 Å². The number of anilines is 1. The topological polar surface area (TPSA) is 108 Å². The predicted molar refractivity (Wildman–Crippen MR) is 116 cm³/mol. The number of aryl methyl sites for hydroxylation is 3. The molecule has 0 saturated heterocycles. The number of hydrogen-bond acceptors (Lipinski definition) is 6. The highest BCUT2D eigenvalue weighted by Gasteiger charge is 2.28. The second kappa shape index (κ2) is 8.99. The van der Waals surface area contributed by atoms with Gasteiger partial charge >= 0.3 is 5.97 Å². The number of esters is 1. The first-order valence-corrected chi connectivity index (χ1v) is 9.95. The number of aromatic nitrogens is 1. The molecule has 0 spiro atoms. The molecular weight excluding hydrogens is 400 g/mol. The fourth-order valence-electron chi connectivity index (χ4n) is 3.59. The van der Waals surface area contributed by atoms with Crippen molar-refractivity contribution in [3.8, 4) is 0 Å². The zero-order chi connectivity index (χ0) is 22.7. The van der Waals surface area contributed by atoms with Gasteiger partial charge in [-0.3, -0.25) is 19.7 Å². The lowest BCUT2D eigenvalue weighted by Crippen LogP contribution is -2.24. The number of pyridine rings is 1. The Morgan fingerprint density at radius 3 is 2.52 bits per heavy atom. The van der Waals surface area contributed by atoms with E-state index in [1.165, 1.54) is 24.5 Å². The summed E-state index contributed by atoms with van der Waals surface area (Å²) in [5.74, 6) is -1.51. The molecule has 1 N–H and O–H groups in total. The summed E-state index contributed by atoms with van der Waals surface area (Å²) >= 11 is 0. The minimum Gasteiger partial charge on any atom is -0.462 e. The molecule has 8 heteroatoms. The number of para-hydroxylation sites is 1. The minimum absolute atomic E-state index is 0.0373. The molecule has 2 heterocycles. The van der Waals surface area contributed by atoms with Gasteiger partial charge in [0.2, 0.25) is 11.8 Å². The van der Waals surface area contributed by atoms with Gasteiger partial charge in [0.05, 0.1) is 17.7 Å². The van der Waals surface area contributed by atoms with Gasteiger partial charge in [-0.2, -0.15) is 0 Å². The summed E-state index contributed by atoms with van der Waals surface area (Å²) in [6.07, 6.45) is -0.0373. The fraction of sp³-hybridized carbons (Fsp3) is 0.304. The molecule has 3 rings (SSSR count). The Morgan fingerprint density at radius 2 is 1.84 bits per heavy atom. The summed E-state index contributed by atoms with van der Waals surface area (Å²) in [6.45, 7) is 6.59. The van der Waals surface area contributed by atoms with Crippen molar-refractivity contribution in [2.24, 2.45) is 0 Å². The molecule has 1 amide bonds. The third-order valence-electron chi connectivity index (χ3n) is 4.96. The summed E-state index contributed by atoms with van der Waals surface area (Å²) in [5, 5.41) is 3.47. The Bertz CT molecular complexity index is 1230. The van der Waals surface area contributed by atoms with Gasteiger partial charge in [-0.05, 0) is 39.3 Å². The first-order chi connectivity index (χ1) is 14.7. The highest BCUT2D eigenvalue weighted by Crippen LogP contribution is 2.28. The van der Waals surface area contributed by atoms with Crippen LogP contribution in [0.25, 0.3) is 10.9 Å². The third kappa shape index (κ3) is 4.42. The number of benzene rings is 1. The van der Waals surface area contributed by atoms with Crippen molar-refractivity contribution < 1.29 is 23.5 Å². The van der Waals surface area contributed by atoms with Crippen LogP contribution in [0.2, 0.25) is 0 Å². The number of nitrogens with zero attached hydrogens (tertiary/aromatic N) is 1. The molecule has 0 fully saturated rings. The molecular formula is C23H24N2O6. The van der Waals surface area contributed by atoms with Gasteiger partial charge in [-0.25, -0.2) is 4.79 Å². The van der Waals surface area contributed by atoms with Crippen LogP contribution in [0.15, 0.2) is 39.5 Å². The van der Waals surface area contributed by atoms with E-state index in [0.717, 1.165) is 16.5 Å². The monoisotopic (exact) mass is 424 g/mol. The van der Waals surface area contributed by atoms with Crippen LogP contribution in [0.1, 0.15) is 52.3 Å². The second-order valence-corrected chi connectivity index (χ2v) is 7.15.